The SMILES string of the molecule is COc1ccc(NC(=O)c2ccc(C(F)(F)F)nc2C)cc1NC(=O)OC(C)(C)C. The molecule has 2 amide bonds. The number of aryl methyl sites for hydroxylation is 1. The third-order valence-corrected chi connectivity index (χ3v) is 3.71. The maximum absolute atomic E-state index is 12.8. The van der Waals surface area contributed by atoms with E-state index >= 15 is 0 Å². The lowest BCUT2D eigenvalue weighted by Gasteiger charge is -2.20. The van der Waals surface area contributed by atoms with Crippen molar-refractivity contribution in [2.24, 2.45) is 0 Å². The van der Waals surface area contributed by atoms with Crippen LogP contribution < -0.4 is 15.4 Å². The van der Waals surface area contributed by atoms with Gasteiger partial charge in [0.25, 0.3) is 5.91 Å². The summed E-state index contributed by atoms with van der Waals surface area (Å²) in [7, 11) is 1.41. The Morgan fingerprint density at radius 2 is 1.70 bits per heavy atom. The van der Waals surface area contributed by atoms with Crippen LogP contribution in [-0.2, 0) is 10.9 Å². The topological polar surface area (TPSA) is 89.5 Å². The number of nitrogens with zero attached hydrogens (tertiary/aromatic N) is 1. The number of halogens is 3. The van der Waals surface area contributed by atoms with Crippen LogP contribution in [-0.4, -0.2) is 29.7 Å². The number of amides is 2. The summed E-state index contributed by atoms with van der Waals surface area (Å²) in [6.07, 6.45) is -5.31. The summed E-state index contributed by atoms with van der Waals surface area (Å²) in [5, 5.41) is 5.09. The van der Waals surface area contributed by atoms with Crippen LogP contribution in [0.1, 0.15) is 42.5 Å². The first-order chi connectivity index (χ1) is 13.8. The summed E-state index contributed by atoms with van der Waals surface area (Å²) >= 11 is 0. The summed E-state index contributed by atoms with van der Waals surface area (Å²) in [5.41, 5.74) is -1.35. The van der Waals surface area contributed by atoms with Crippen molar-refractivity contribution in [3.8, 4) is 5.75 Å². The highest BCUT2D eigenvalue weighted by atomic mass is 19.4. The molecule has 0 aliphatic heterocycles. The number of pyridine rings is 1. The molecule has 162 valence electrons. The molecule has 0 bridgehead atoms. The van der Waals surface area contributed by atoms with E-state index in [1.165, 1.54) is 32.2 Å². The second-order valence-corrected chi connectivity index (χ2v) is 7.32. The molecule has 0 radical (unpaired) electrons. The van der Waals surface area contributed by atoms with E-state index in [9.17, 15) is 22.8 Å². The standard InChI is InChI=1S/C20H22F3N3O4/c1-11-13(7-9-16(24-11)20(21,22)23)17(27)25-12-6-8-15(29-5)14(10-12)26-18(28)30-19(2,3)4/h6-10H,1-5H3,(H,25,27)(H,26,28). The van der Waals surface area contributed by atoms with Gasteiger partial charge >= 0.3 is 12.3 Å². The summed E-state index contributed by atoms with van der Waals surface area (Å²) < 4.78 is 48.6. The molecule has 0 unspecified atom stereocenters. The van der Waals surface area contributed by atoms with Crippen molar-refractivity contribution in [1.82, 2.24) is 4.98 Å². The zero-order valence-corrected chi connectivity index (χ0v) is 17.1. The van der Waals surface area contributed by atoms with Gasteiger partial charge in [-0.25, -0.2) is 9.78 Å². The van der Waals surface area contributed by atoms with Crippen LogP contribution in [0.5, 0.6) is 5.75 Å². The van der Waals surface area contributed by atoms with E-state index in [2.05, 4.69) is 15.6 Å². The summed E-state index contributed by atoms with van der Waals surface area (Å²) in [6.45, 7) is 6.44. The second-order valence-electron chi connectivity index (χ2n) is 7.32. The Hall–Kier alpha value is -3.30. The average Bonchev–Trinajstić information content (AvgIpc) is 2.59. The predicted molar refractivity (Wildman–Crippen MR) is 105 cm³/mol. The van der Waals surface area contributed by atoms with Crippen molar-refractivity contribution in [3.63, 3.8) is 0 Å². The number of nitrogens with one attached hydrogen (secondary N) is 2. The van der Waals surface area contributed by atoms with Gasteiger partial charge in [-0.3, -0.25) is 10.1 Å². The van der Waals surface area contributed by atoms with Gasteiger partial charge in [0.2, 0.25) is 0 Å². The molecule has 7 nitrogen and oxygen atoms in total. The van der Waals surface area contributed by atoms with E-state index in [4.69, 9.17) is 9.47 Å². The number of carbonyl (C=O) groups excluding carboxylic acids is 2. The van der Waals surface area contributed by atoms with Crippen LogP contribution in [0.2, 0.25) is 0 Å². The number of anilines is 2. The van der Waals surface area contributed by atoms with Crippen molar-refractivity contribution in [3.05, 3.63) is 47.3 Å². The number of carbonyl (C=O) groups is 2. The fraction of sp³-hybridized carbons (Fsp3) is 0.350. The lowest BCUT2D eigenvalue weighted by Crippen LogP contribution is -2.27. The molecule has 0 aliphatic carbocycles. The Morgan fingerprint density at radius 1 is 1.03 bits per heavy atom. The second kappa shape index (κ2) is 8.60. The molecule has 1 aromatic heterocycles. The number of hydrogen-bond acceptors (Lipinski definition) is 5. The van der Waals surface area contributed by atoms with Gasteiger partial charge in [-0.05, 0) is 58.0 Å². The van der Waals surface area contributed by atoms with Gasteiger partial charge in [-0.1, -0.05) is 0 Å². The molecular weight excluding hydrogens is 403 g/mol. The molecule has 0 aliphatic rings. The Balaban J connectivity index is 2.22. The van der Waals surface area contributed by atoms with Crippen molar-refractivity contribution in [1.29, 1.82) is 0 Å². The minimum Gasteiger partial charge on any atom is -0.495 e. The number of aromatic nitrogens is 1. The zero-order valence-electron chi connectivity index (χ0n) is 17.1. The monoisotopic (exact) mass is 425 g/mol. The molecule has 2 rings (SSSR count). The smallest absolute Gasteiger partial charge is 0.433 e. The van der Waals surface area contributed by atoms with Crippen LogP contribution >= 0.6 is 0 Å². The number of rotatable bonds is 4. The van der Waals surface area contributed by atoms with Gasteiger partial charge in [0.1, 0.15) is 17.0 Å². The van der Waals surface area contributed by atoms with Gasteiger partial charge in [0.15, 0.2) is 0 Å². The van der Waals surface area contributed by atoms with Gasteiger partial charge in [-0.2, -0.15) is 13.2 Å². The van der Waals surface area contributed by atoms with Crippen LogP contribution in [0, 0.1) is 6.92 Å². The Kier molecular flexibility index (Phi) is 6.59. The Labute approximate surface area is 171 Å². The molecule has 10 heteroatoms. The molecule has 0 saturated carbocycles. The van der Waals surface area contributed by atoms with E-state index in [0.717, 1.165) is 12.1 Å². The summed E-state index contributed by atoms with van der Waals surface area (Å²) in [6, 6.07) is 6.27. The quantitative estimate of drug-likeness (QED) is 0.718. The predicted octanol–water partition coefficient (Wildman–Crippen LogP) is 5.02. The normalized spacial score (nSPS) is 11.6. The number of hydrogen-bond donors (Lipinski definition) is 2. The fourth-order valence-corrected chi connectivity index (χ4v) is 2.45. The van der Waals surface area contributed by atoms with Crippen LogP contribution in [0.15, 0.2) is 30.3 Å². The first-order valence-electron chi connectivity index (χ1n) is 8.84. The molecule has 0 atom stereocenters. The van der Waals surface area contributed by atoms with Crippen LogP contribution in [0.3, 0.4) is 0 Å². The molecule has 30 heavy (non-hydrogen) atoms. The zero-order chi connectivity index (χ0) is 22.7. The number of methoxy groups -OCH3 is 1. The Bertz CT molecular complexity index is 953. The fourth-order valence-electron chi connectivity index (χ4n) is 2.45. The maximum Gasteiger partial charge on any atom is 0.433 e. The van der Waals surface area contributed by atoms with E-state index in [1.54, 1.807) is 20.8 Å². The third kappa shape index (κ3) is 6.10. The molecule has 2 aromatic rings. The largest absolute Gasteiger partial charge is 0.495 e. The first-order valence-corrected chi connectivity index (χ1v) is 8.84. The summed E-state index contributed by atoms with van der Waals surface area (Å²) in [4.78, 5) is 28.0. The highest BCUT2D eigenvalue weighted by molar-refractivity contribution is 6.05. The molecule has 1 aromatic carbocycles. The lowest BCUT2D eigenvalue weighted by atomic mass is 10.1. The van der Waals surface area contributed by atoms with Crippen LogP contribution in [0.4, 0.5) is 29.3 Å². The Morgan fingerprint density at radius 3 is 2.23 bits per heavy atom. The van der Waals surface area contributed by atoms with Gasteiger partial charge in [0.05, 0.1) is 24.1 Å². The van der Waals surface area contributed by atoms with Gasteiger partial charge < -0.3 is 14.8 Å². The molecular formula is C20H22F3N3O4. The molecule has 1 heterocycles. The molecule has 0 spiro atoms. The van der Waals surface area contributed by atoms with Gasteiger partial charge in [-0.15, -0.1) is 0 Å². The van der Waals surface area contributed by atoms with Crippen molar-refractivity contribution < 1.29 is 32.2 Å². The van der Waals surface area contributed by atoms with Crippen molar-refractivity contribution in [2.45, 2.75) is 39.5 Å². The highest BCUT2D eigenvalue weighted by Crippen LogP contribution is 2.30. The van der Waals surface area contributed by atoms with E-state index in [-0.39, 0.29) is 22.6 Å². The number of alkyl halides is 3. The lowest BCUT2D eigenvalue weighted by molar-refractivity contribution is -0.141. The summed E-state index contributed by atoms with van der Waals surface area (Å²) in [5.74, 6) is -0.326. The van der Waals surface area contributed by atoms with E-state index < -0.39 is 29.5 Å². The third-order valence-electron chi connectivity index (χ3n) is 3.71. The van der Waals surface area contributed by atoms with Gasteiger partial charge in [0, 0.05) is 5.69 Å². The minimum atomic E-state index is -4.60. The average molecular weight is 425 g/mol. The number of ether oxygens (including phenoxy) is 2. The molecule has 2 N–H and O–H groups in total. The van der Waals surface area contributed by atoms with Crippen LogP contribution in [0.25, 0.3) is 0 Å². The minimum absolute atomic E-state index is 0.0135. The van der Waals surface area contributed by atoms with Crippen molar-refractivity contribution in [2.75, 3.05) is 17.7 Å². The van der Waals surface area contributed by atoms with E-state index in [0.29, 0.717) is 5.75 Å². The highest BCUT2D eigenvalue weighted by Gasteiger charge is 2.33. The maximum atomic E-state index is 12.8. The van der Waals surface area contributed by atoms with E-state index in [1.807, 2.05) is 0 Å². The molecule has 0 fully saturated rings. The first kappa shape index (κ1) is 23.0. The number of benzene rings is 1. The van der Waals surface area contributed by atoms with Crippen molar-refractivity contribution >= 4 is 23.4 Å². The molecule has 0 saturated heterocycles.